The van der Waals surface area contributed by atoms with Crippen LogP contribution in [0.15, 0.2) is 40.8 Å². The van der Waals surface area contributed by atoms with Crippen molar-refractivity contribution < 1.29 is 14.3 Å². The lowest BCUT2D eigenvalue weighted by molar-refractivity contribution is 0.101. The predicted octanol–water partition coefficient (Wildman–Crippen LogP) is 3.56. The van der Waals surface area contributed by atoms with Gasteiger partial charge in [-0.1, -0.05) is 6.07 Å². The number of aliphatic hydroxyl groups excluding tert-OH is 1. The number of oxazole rings is 1. The number of rotatable bonds is 4. The van der Waals surface area contributed by atoms with Crippen LogP contribution >= 0.6 is 0 Å². The Morgan fingerprint density at radius 3 is 2.73 bits per heavy atom. The van der Waals surface area contributed by atoms with Gasteiger partial charge in [0.2, 0.25) is 5.89 Å². The summed E-state index contributed by atoms with van der Waals surface area (Å²) < 4.78 is 7.83. The number of carbonyl (C=O) groups excluding carboxylic acids is 1. The highest BCUT2D eigenvalue weighted by molar-refractivity contribution is 5.97. The summed E-state index contributed by atoms with van der Waals surface area (Å²) >= 11 is 0. The zero-order chi connectivity index (χ0) is 18.4. The highest BCUT2D eigenvalue weighted by Gasteiger charge is 2.14. The fraction of sp³-hybridized carbons (Fsp3) is 0.250. The number of nitrogens with zero attached hydrogens (tertiary/aromatic N) is 3. The van der Waals surface area contributed by atoms with Crippen molar-refractivity contribution in [1.82, 2.24) is 14.5 Å². The third-order valence-electron chi connectivity index (χ3n) is 4.63. The number of aryl methyl sites for hydroxylation is 1. The van der Waals surface area contributed by atoms with Gasteiger partial charge in [0.25, 0.3) is 0 Å². The molecule has 0 aliphatic rings. The number of ketones is 1. The first-order valence-electron chi connectivity index (χ1n) is 8.46. The van der Waals surface area contributed by atoms with Crippen molar-refractivity contribution in [2.75, 3.05) is 0 Å². The molecule has 6 heteroatoms. The highest BCUT2D eigenvalue weighted by atomic mass is 16.3. The van der Waals surface area contributed by atoms with Gasteiger partial charge in [-0.2, -0.15) is 0 Å². The van der Waals surface area contributed by atoms with E-state index in [4.69, 9.17) is 4.42 Å². The zero-order valence-electron chi connectivity index (χ0n) is 14.9. The van der Waals surface area contributed by atoms with Crippen LogP contribution in [0, 0.1) is 0 Å². The van der Waals surface area contributed by atoms with E-state index in [-0.39, 0.29) is 5.78 Å². The van der Waals surface area contributed by atoms with Gasteiger partial charge in [-0.25, -0.2) is 9.97 Å². The summed E-state index contributed by atoms with van der Waals surface area (Å²) in [5, 5.41) is 9.70. The van der Waals surface area contributed by atoms with Gasteiger partial charge in [0.15, 0.2) is 11.4 Å². The van der Waals surface area contributed by atoms with Crippen LogP contribution in [0.5, 0.6) is 0 Å². The molecule has 4 aromatic rings. The minimum absolute atomic E-state index is 0.0203. The Hall–Kier alpha value is -2.99. The van der Waals surface area contributed by atoms with E-state index in [9.17, 15) is 9.90 Å². The van der Waals surface area contributed by atoms with E-state index in [1.807, 2.05) is 48.0 Å². The number of hydrogen-bond acceptors (Lipinski definition) is 5. The third-order valence-corrected chi connectivity index (χ3v) is 4.63. The highest BCUT2D eigenvalue weighted by Crippen LogP contribution is 2.23. The maximum atomic E-state index is 11.6. The molecule has 2 aromatic carbocycles. The second-order valence-electron chi connectivity index (χ2n) is 6.53. The van der Waals surface area contributed by atoms with E-state index < -0.39 is 6.10 Å². The zero-order valence-corrected chi connectivity index (χ0v) is 14.9. The molecule has 2 aromatic heterocycles. The van der Waals surface area contributed by atoms with E-state index in [0.717, 1.165) is 27.9 Å². The van der Waals surface area contributed by atoms with Crippen molar-refractivity contribution in [3.8, 4) is 0 Å². The van der Waals surface area contributed by atoms with E-state index in [1.165, 1.54) is 0 Å². The number of benzene rings is 2. The first-order chi connectivity index (χ1) is 12.4. The number of Topliss-reactive ketones (excluding diaryl/α,β-unsaturated/α-hetero) is 1. The Labute approximate surface area is 150 Å². The van der Waals surface area contributed by atoms with Crippen LogP contribution in [-0.4, -0.2) is 25.4 Å². The number of aliphatic hydroxyl groups is 1. The van der Waals surface area contributed by atoms with Crippen molar-refractivity contribution in [2.24, 2.45) is 7.05 Å². The van der Waals surface area contributed by atoms with Crippen LogP contribution in [0.1, 0.15) is 47.6 Å². The van der Waals surface area contributed by atoms with E-state index >= 15 is 0 Å². The third kappa shape index (κ3) is 2.78. The van der Waals surface area contributed by atoms with Gasteiger partial charge >= 0.3 is 0 Å². The largest absolute Gasteiger partial charge is 0.440 e. The van der Waals surface area contributed by atoms with Crippen LogP contribution in [0.2, 0.25) is 0 Å². The molecule has 0 radical (unpaired) electrons. The molecule has 0 fully saturated rings. The number of carbonyl (C=O) groups is 1. The molecular weight excluding hydrogens is 330 g/mol. The molecule has 132 valence electrons. The molecule has 2 heterocycles. The first kappa shape index (κ1) is 16.5. The smallest absolute Gasteiger partial charge is 0.203 e. The second kappa shape index (κ2) is 6.07. The molecule has 0 saturated heterocycles. The quantitative estimate of drug-likeness (QED) is 0.570. The maximum Gasteiger partial charge on any atom is 0.203 e. The van der Waals surface area contributed by atoms with Gasteiger partial charge in [0.05, 0.1) is 23.6 Å². The topological polar surface area (TPSA) is 81.2 Å². The molecule has 0 spiro atoms. The number of imidazole rings is 1. The summed E-state index contributed by atoms with van der Waals surface area (Å²) in [6, 6.07) is 11.0. The molecule has 0 saturated carbocycles. The van der Waals surface area contributed by atoms with Crippen LogP contribution in [0.4, 0.5) is 0 Å². The van der Waals surface area contributed by atoms with Crippen LogP contribution in [0.3, 0.4) is 0 Å². The summed E-state index contributed by atoms with van der Waals surface area (Å²) in [5.41, 5.74) is 4.58. The molecule has 0 aliphatic heterocycles. The van der Waals surface area contributed by atoms with Gasteiger partial charge in [0.1, 0.15) is 11.3 Å². The lowest BCUT2D eigenvalue weighted by atomic mass is 10.1. The summed E-state index contributed by atoms with van der Waals surface area (Å²) in [7, 11) is 1.94. The second-order valence-corrected chi connectivity index (χ2v) is 6.53. The van der Waals surface area contributed by atoms with Crippen molar-refractivity contribution in [3.05, 3.63) is 59.2 Å². The number of hydrogen-bond donors (Lipinski definition) is 1. The number of aromatic nitrogens is 3. The molecule has 26 heavy (non-hydrogen) atoms. The minimum Gasteiger partial charge on any atom is -0.440 e. The molecule has 1 N–H and O–H groups in total. The normalized spacial score (nSPS) is 12.8. The molecule has 4 rings (SSSR count). The standard InChI is InChI=1S/C20H19N3O3/c1-11(24)13-5-7-17-16(8-13)21-19(23(17)3)10-20-22-15-6-4-14(12(2)25)9-18(15)26-20/h4-9,12,25H,10H2,1-3H3. The molecular formula is C20H19N3O3. The summed E-state index contributed by atoms with van der Waals surface area (Å²) in [4.78, 5) is 20.7. The van der Waals surface area contributed by atoms with E-state index in [0.29, 0.717) is 23.5 Å². The molecule has 0 aliphatic carbocycles. The maximum absolute atomic E-state index is 11.6. The predicted molar refractivity (Wildman–Crippen MR) is 98.2 cm³/mol. The lowest BCUT2D eigenvalue weighted by Crippen LogP contribution is -1.99. The molecule has 6 nitrogen and oxygen atoms in total. The van der Waals surface area contributed by atoms with Crippen LogP contribution in [0.25, 0.3) is 22.1 Å². The average Bonchev–Trinajstić information content (AvgIpc) is 3.14. The molecule has 1 atom stereocenters. The van der Waals surface area contributed by atoms with Gasteiger partial charge in [-0.15, -0.1) is 0 Å². The monoisotopic (exact) mass is 349 g/mol. The Morgan fingerprint density at radius 2 is 2.00 bits per heavy atom. The van der Waals surface area contributed by atoms with Crippen LogP contribution in [-0.2, 0) is 13.5 Å². The van der Waals surface area contributed by atoms with Gasteiger partial charge in [0, 0.05) is 12.6 Å². The number of fused-ring (bicyclic) bond motifs is 2. The molecule has 0 bridgehead atoms. The first-order valence-corrected chi connectivity index (χ1v) is 8.46. The Kier molecular flexibility index (Phi) is 3.85. The van der Waals surface area contributed by atoms with Gasteiger partial charge in [-0.3, -0.25) is 4.79 Å². The Bertz CT molecular complexity index is 1140. The summed E-state index contributed by atoms with van der Waals surface area (Å²) in [6.07, 6.45) is -0.109. The Morgan fingerprint density at radius 1 is 1.19 bits per heavy atom. The van der Waals surface area contributed by atoms with Gasteiger partial charge in [-0.05, 0) is 49.7 Å². The fourth-order valence-corrected chi connectivity index (χ4v) is 3.09. The Balaban J connectivity index is 1.71. The van der Waals surface area contributed by atoms with Crippen molar-refractivity contribution in [1.29, 1.82) is 0 Å². The van der Waals surface area contributed by atoms with Crippen molar-refractivity contribution >= 4 is 27.9 Å². The average molecular weight is 349 g/mol. The van der Waals surface area contributed by atoms with Crippen molar-refractivity contribution in [2.45, 2.75) is 26.4 Å². The van der Waals surface area contributed by atoms with E-state index in [2.05, 4.69) is 9.97 Å². The SMILES string of the molecule is CC(=O)c1ccc2c(c1)nc(Cc1nc3ccc(C(C)O)cc3o1)n2C. The van der Waals surface area contributed by atoms with Crippen LogP contribution < -0.4 is 0 Å². The van der Waals surface area contributed by atoms with Crippen molar-refractivity contribution in [3.63, 3.8) is 0 Å². The summed E-state index contributed by atoms with van der Waals surface area (Å²) in [6.45, 7) is 3.26. The summed E-state index contributed by atoms with van der Waals surface area (Å²) in [5.74, 6) is 1.39. The lowest BCUT2D eigenvalue weighted by Gasteiger charge is -2.02. The van der Waals surface area contributed by atoms with Gasteiger partial charge < -0.3 is 14.1 Å². The van der Waals surface area contributed by atoms with E-state index in [1.54, 1.807) is 13.8 Å². The fourth-order valence-electron chi connectivity index (χ4n) is 3.09. The molecule has 0 amide bonds. The molecule has 1 unspecified atom stereocenters. The minimum atomic E-state index is -0.553.